The number of aliphatic hydroxyl groups is 1. The van der Waals surface area contributed by atoms with E-state index in [1.54, 1.807) is 0 Å². The molecule has 0 fully saturated rings. The first-order valence-corrected chi connectivity index (χ1v) is 6.42. The first-order valence-electron chi connectivity index (χ1n) is 6.42. The van der Waals surface area contributed by atoms with Crippen LogP contribution in [0.1, 0.15) is 31.4 Å². The van der Waals surface area contributed by atoms with Gasteiger partial charge >= 0.3 is 0 Å². The highest BCUT2D eigenvalue weighted by Gasteiger charge is 2.15. The smallest absolute Gasteiger partial charge is 0.0740 e. The zero-order chi connectivity index (χ0) is 13.0. The molecule has 1 rings (SSSR count). The number of rotatable bonds is 5. The minimum atomic E-state index is -0.259. The number of hydrogen-bond acceptors (Lipinski definition) is 2. The maximum atomic E-state index is 10.1. The van der Waals surface area contributed by atoms with Gasteiger partial charge in [0.05, 0.1) is 6.10 Å². The molecular weight excluding hydrogens is 210 g/mol. The quantitative estimate of drug-likeness (QED) is 0.847. The Bertz CT molecular complexity index is 362. The van der Waals surface area contributed by atoms with Crippen LogP contribution >= 0.6 is 0 Å². The van der Waals surface area contributed by atoms with E-state index in [1.165, 1.54) is 16.8 Å². The number of benzene rings is 1. The Kier molecular flexibility index (Phi) is 5.01. The topological polar surface area (TPSA) is 23.5 Å². The molecule has 0 aromatic heterocycles. The predicted molar refractivity (Wildman–Crippen MR) is 74.6 cm³/mol. The lowest BCUT2D eigenvalue weighted by Crippen LogP contribution is -2.33. The zero-order valence-corrected chi connectivity index (χ0v) is 11.7. The van der Waals surface area contributed by atoms with E-state index in [9.17, 15) is 5.11 Å². The SMILES string of the molecule is CCC(C)C(O)CN(C)c1ccc(C)cc1C. The van der Waals surface area contributed by atoms with E-state index in [0.717, 1.165) is 6.42 Å². The molecule has 1 N–H and O–H groups in total. The van der Waals surface area contributed by atoms with Gasteiger partial charge in [0, 0.05) is 19.3 Å². The van der Waals surface area contributed by atoms with E-state index in [4.69, 9.17) is 0 Å². The number of likely N-dealkylation sites (N-methyl/N-ethyl adjacent to an activating group) is 1. The normalized spacial score (nSPS) is 14.5. The van der Waals surface area contributed by atoms with Crippen LogP contribution in [-0.2, 0) is 0 Å². The van der Waals surface area contributed by atoms with E-state index in [1.807, 2.05) is 7.05 Å². The average molecular weight is 235 g/mol. The summed E-state index contributed by atoms with van der Waals surface area (Å²) >= 11 is 0. The number of anilines is 1. The third-order valence-electron chi connectivity index (χ3n) is 3.53. The van der Waals surface area contributed by atoms with Gasteiger partial charge in [-0.3, -0.25) is 0 Å². The van der Waals surface area contributed by atoms with Crippen molar-refractivity contribution in [1.82, 2.24) is 0 Å². The van der Waals surface area contributed by atoms with Gasteiger partial charge in [-0.15, -0.1) is 0 Å². The summed E-state index contributed by atoms with van der Waals surface area (Å²) in [6.07, 6.45) is 0.757. The summed E-state index contributed by atoms with van der Waals surface area (Å²) < 4.78 is 0. The molecule has 0 aliphatic carbocycles. The van der Waals surface area contributed by atoms with Crippen LogP contribution in [0.5, 0.6) is 0 Å². The fourth-order valence-electron chi connectivity index (χ4n) is 2.06. The highest BCUT2D eigenvalue weighted by molar-refractivity contribution is 5.53. The third kappa shape index (κ3) is 3.74. The van der Waals surface area contributed by atoms with Crippen LogP contribution in [0.25, 0.3) is 0 Å². The lowest BCUT2D eigenvalue weighted by atomic mass is 10.0. The predicted octanol–water partition coefficient (Wildman–Crippen LogP) is 3.15. The van der Waals surface area contributed by atoms with Crippen molar-refractivity contribution < 1.29 is 5.11 Å². The van der Waals surface area contributed by atoms with Gasteiger partial charge < -0.3 is 10.0 Å². The van der Waals surface area contributed by atoms with Gasteiger partial charge in [0.15, 0.2) is 0 Å². The van der Waals surface area contributed by atoms with E-state index >= 15 is 0 Å². The van der Waals surface area contributed by atoms with Crippen molar-refractivity contribution in [3.05, 3.63) is 29.3 Å². The van der Waals surface area contributed by atoms with Gasteiger partial charge in [-0.1, -0.05) is 38.0 Å². The molecule has 0 aliphatic heterocycles. The molecule has 0 saturated carbocycles. The number of aryl methyl sites for hydroxylation is 2. The minimum absolute atomic E-state index is 0.259. The molecule has 96 valence electrons. The van der Waals surface area contributed by atoms with Crippen molar-refractivity contribution in [3.63, 3.8) is 0 Å². The number of hydrogen-bond donors (Lipinski definition) is 1. The van der Waals surface area contributed by atoms with E-state index < -0.39 is 0 Å². The van der Waals surface area contributed by atoms with Crippen LogP contribution in [0, 0.1) is 19.8 Å². The summed E-state index contributed by atoms with van der Waals surface area (Å²) in [6, 6.07) is 6.43. The second kappa shape index (κ2) is 6.06. The van der Waals surface area contributed by atoms with E-state index in [2.05, 4.69) is 50.8 Å². The molecule has 1 aromatic rings. The van der Waals surface area contributed by atoms with E-state index in [0.29, 0.717) is 12.5 Å². The van der Waals surface area contributed by atoms with Gasteiger partial charge in [-0.2, -0.15) is 0 Å². The maximum Gasteiger partial charge on any atom is 0.0740 e. The lowest BCUT2D eigenvalue weighted by molar-refractivity contribution is 0.121. The molecule has 2 nitrogen and oxygen atoms in total. The number of nitrogens with zero attached hydrogens (tertiary/aromatic N) is 1. The molecule has 0 radical (unpaired) electrons. The molecule has 0 aliphatic rings. The summed E-state index contributed by atoms with van der Waals surface area (Å²) in [4.78, 5) is 2.14. The van der Waals surface area contributed by atoms with Gasteiger partial charge in [0.2, 0.25) is 0 Å². The third-order valence-corrected chi connectivity index (χ3v) is 3.53. The Labute approximate surface area is 105 Å². The molecule has 0 saturated heterocycles. The summed E-state index contributed by atoms with van der Waals surface area (Å²) in [5.41, 5.74) is 3.75. The summed E-state index contributed by atoms with van der Waals surface area (Å²) in [7, 11) is 2.04. The Morgan fingerprint density at radius 3 is 2.47 bits per heavy atom. The molecule has 0 spiro atoms. The zero-order valence-electron chi connectivity index (χ0n) is 11.7. The maximum absolute atomic E-state index is 10.1. The van der Waals surface area contributed by atoms with Crippen LogP contribution in [0.15, 0.2) is 18.2 Å². The second-order valence-electron chi connectivity index (χ2n) is 5.12. The monoisotopic (exact) mass is 235 g/mol. The van der Waals surface area contributed by atoms with Crippen LogP contribution < -0.4 is 4.90 Å². The Morgan fingerprint density at radius 1 is 1.29 bits per heavy atom. The molecule has 0 bridgehead atoms. The Morgan fingerprint density at radius 2 is 1.94 bits per heavy atom. The Hall–Kier alpha value is -1.02. The van der Waals surface area contributed by atoms with Crippen LogP contribution in [0.4, 0.5) is 5.69 Å². The van der Waals surface area contributed by atoms with Crippen molar-refractivity contribution in [1.29, 1.82) is 0 Å². The van der Waals surface area contributed by atoms with Crippen molar-refractivity contribution in [2.45, 2.75) is 40.2 Å². The first kappa shape index (κ1) is 14.0. The average Bonchev–Trinajstić information content (AvgIpc) is 2.27. The second-order valence-corrected chi connectivity index (χ2v) is 5.12. The van der Waals surface area contributed by atoms with Crippen LogP contribution in [0.3, 0.4) is 0 Å². The van der Waals surface area contributed by atoms with Crippen molar-refractivity contribution in [3.8, 4) is 0 Å². The van der Waals surface area contributed by atoms with Gasteiger partial charge in [-0.05, 0) is 31.4 Å². The molecular formula is C15H25NO. The molecule has 17 heavy (non-hydrogen) atoms. The summed E-state index contributed by atoms with van der Waals surface area (Å²) in [5.74, 6) is 0.350. The minimum Gasteiger partial charge on any atom is -0.391 e. The lowest BCUT2D eigenvalue weighted by Gasteiger charge is -2.27. The Balaban J connectivity index is 2.72. The largest absolute Gasteiger partial charge is 0.391 e. The highest BCUT2D eigenvalue weighted by Crippen LogP contribution is 2.21. The molecule has 2 atom stereocenters. The van der Waals surface area contributed by atoms with Gasteiger partial charge in [0.25, 0.3) is 0 Å². The molecule has 1 aromatic carbocycles. The standard InChI is InChI=1S/C15H25NO/c1-6-12(3)15(17)10-16(5)14-8-7-11(2)9-13(14)4/h7-9,12,15,17H,6,10H2,1-5H3. The number of aliphatic hydroxyl groups excluding tert-OH is 1. The molecule has 0 amide bonds. The fourth-order valence-corrected chi connectivity index (χ4v) is 2.06. The molecule has 2 unspecified atom stereocenters. The fraction of sp³-hybridized carbons (Fsp3) is 0.600. The van der Waals surface area contributed by atoms with Crippen LogP contribution in [-0.4, -0.2) is 24.8 Å². The molecule has 0 heterocycles. The van der Waals surface area contributed by atoms with Gasteiger partial charge in [0.1, 0.15) is 0 Å². The van der Waals surface area contributed by atoms with Crippen molar-refractivity contribution in [2.24, 2.45) is 5.92 Å². The van der Waals surface area contributed by atoms with Gasteiger partial charge in [-0.25, -0.2) is 0 Å². The van der Waals surface area contributed by atoms with E-state index in [-0.39, 0.29) is 6.10 Å². The summed E-state index contributed by atoms with van der Waals surface area (Å²) in [6.45, 7) is 9.13. The first-order chi connectivity index (χ1) is 7.95. The van der Waals surface area contributed by atoms with Crippen molar-refractivity contribution in [2.75, 3.05) is 18.5 Å². The van der Waals surface area contributed by atoms with Crippen LogP contribution in [0.2, 0.25) is 0 Å². The summed E-state index contributed by atoms with van der Waals surface area (Å²) in [5, 5.41) is 10.1. The van der Waals surface area contributed by atoms with Crippen molar-refractivity contribution >= 4 is 5.69 Å². The highest BCUT2D eigenvalue weighted by atomic mass is 16.3. The molecule has 2 heteroatoms.